The Morgan fingerprint density at radius 2 is 1.04 bits per heavy atom. The molecule has 0 fully saturated rings. The van der Waals surface area contributed by atoms with Crippen LogP contribution in [-0.4, -0.2) is 42.1 Å². The summed E-state index contributed by atoms with van der Waals surface area (Å²) in [5.74, 6) is 2.73. The van der Waals surface area contributed by atoms with Gasteiger partial charge in [-0.2, -0.15) is 39.5 Å². The summed E-state index contributed by atoms with van der Waals surface area (Å²) in [4.78, 5) is 33.6. The summed E-state index contributed by atoms with van der Waals surface area (Å²) in [5.41, 5.74) is 0.900. The van der Waals surface area contributed by atoms with Crippen LogP contribution in [0.25, 0.3) is 11.5 Å². The van der Waals surface area contributed by atoms with Gasteiger partial charge in [0.15, 0.2) is 0 Å². The molecule has 4 rings (SSSR count). The number of rotatable bonds is 4. The third-order valence-electron chi connectivity index (χ3n) is 6.13. The number of hydrazine groups is 2. The van der Waals surface area contributed by atoms with E-state index in [4.69, 9.17) is 79.9 Å². The second-order valence-corrected chi connectivity index (χ2v) is 12.0. The van der Waals surface area contributed by atoms with Crippen molar-refractivity contribution in [3.05, 3.63) is 94.4 Å². The summed E-state index contributed by atoms with van der Waals surface area (Å²) in [6.45, 7) is 0. The molecule has 4 aromatic rings. The third kappa shape index (κ3) is 12.2. The SMILES string of the molecule is CNC(=O)NNC(=O)c1ccc(Cl)c(C(F)(F)F)c1Cl.CNc1nnc(-c2ccc(Cl)c(C(F)(F)F)c2Cl)o1.NNC(=O)c1ccc(Cl)c(C(F)(F)F)c1Cl. The second kappa shape index (κ2) is 19.2. The highest BCUT2D eigenvalue weighted by molar-refractivity contribution is 6.39. The highest BCUT2D eigenvalue weighted by Crippen LogP contribution is 2.44. The van der Waals surface area contributed by atoms with Crippen LogP contribution in [0.15, 0.2) is 40.8 Å². The zero-order valence-corrected chi connectivity index (χ0v) is 31.3. The van der Waals surface area contributed by atoms with Crippen LogP contribution >= 0.6 is 69.6 Å². The predicted octanol–water partition coefficient (Wildman–Crippen LogP) is 9.31. The number of amides is 4. The smallest absolute Gasteiger partial charge is 0.403 e. The molecule has 0 atom stereocenters. The van der Waals surface area contributed by atoms with Gasteiger partial charge < -0.3 is 15.1 Å². The van der Waals surface area contributed by atoms with Crippen LogP contribution in [0.4, 0.5) is 50.3 Å². The summed E-state index contributed by atoms with van der Waals surface area (Å²) in [7, 11) is 2.82. The summed E-state index contributed by atoms with van der Waals surface area (Å²) < 4.78 is 119. The monoisotopic (exact) mass is 912 g/mol. The molecule has 0 aliphatic carbocycles. The van der Waals surface area contributed by atoms with Gasteiger partial charge in [0.1, 0.15) is 0 Å². The largest absolute Gasteiger partial charge is 0.419 e. The lowest BCUT2D eigenvalue weighted by molar-refractivity contribution is -0.138. The number of nitrogens with zero attached hydrogens (tertiary/aromatic N) is 2. The molecule has 0 saturated heterocycles. The summed E-state index contributed by atoms with van der Waals surface area (Å²) in [6.07, 6.45) is -14.2. The van der Waals surface area contributed by atoms with Crippen LogP contribution < -0.4 is 32.8 Å². The summed E-state index contributed by atoms with van der Waals surface area (Å²) in [5, 5.41) is 7.96. The molecule has 3 aromatic carbocycles. The number of nitrogens with one attached hydrogen (secondary N) is 5. The Bertz CT molecular complexity index is 2050. The molecule has 0 bridgehead atoms. The van der Waals surface area contributed by atoms with E-state index in [1.165, 1.54) is 20.2 Å². The number of alkyl halides is 9. The van der Waals surface area contributed by atoms with Crippen molar-refractivity contribution in [3.63, 3.8) is 0 Å². The molecule has 0 spiro atoms. The Morgan fingerprint density at radius 3 is 1.42 bits per heavy atom. The number of hydrogen-bond acceptors (Lipinski definition) is 8. The number of aromatic nitrogens is 2. The predicted molar refractivity (Wildman–Crippen MR) is 184 cm³/mol. The van der Waals surface area contributed by atoms with Crippen LogP contribution in [0.3, 0.4) is 0 Å². The van der Waals surface area contributed by atoms with E-state index in [1.807, 2.05) is 10.9 Å². The molecule has 0 unspecified atom stereocenters. The molecular weight excluding hydrogens is 896 g/mol. The minimum absolute atomic E-state index is 0.0348. The van der Waals surface area contributed by atoms with Gasteiger partial charge in [0, 0.05) is 14.1 Å². The average molecular weight is 915 g/mol. The van der Waals surface area contributed by atoms with Gasteiger partial charge in [-0.1, -0.05) is 74.7 Å². The number of benzene rings is 3. The zero-order chi connectivity index (χ0) is 42.2. The van der Waals surface area contributed by atoms with Crippen molar-refractivity contribution in [1.82, 2.24) is 31.8 Å². The fraction of sp³-hybridized carbons (Fsp3) is 0.179. The first-order valence-corrected chi connectivity index (χ1v) is 16.0. The molecule has 1 heterocycles. The van der Waals surface area contributed by atoms with Gasteiger partial charge in [0.05, 0.1) is 63.5 Å². The molecule has 0 aliphatic heterocycles. The number of nitrogens with two attached hydrogens (primary N) is 1. The Labute approximate surface area is 332 Å². The quantitative estimate of drug-likeness (QED) is 0.0508. The van der Waals surface area contributed by atoms with E-state index in [2.05, 4.69) is 20.8 Å². The van der Waals surface area contributed by atoms with E-state index < -0.39 is 88.8 Å². The molecular formula is C28H19Cl6F9N8O4. The van der Waals surface area contributed by atoms with Crippen molar-refractivity contribution in [1.29, 1.82) is 0 Å². The van der Waals surface area contributed by atoms with Gasteiger partial charge in [-0.15, -0.1) is 5.10 Å². The van der Waals surface area contributed by atoms with Gasteiger partial charge in [0.2, 0.25) is 0 Å². The van der Waals surface area contributed by atoms with Crippen molar-refractivity contribution < 1.29 is 58.3 Å². The highest BCUT2D eigenvalue weighted by atomic mass is 35.5. The molecule has 0 aliphatic rings. The average Bonchev–Trinajstić information content (AvgIpc) is 3.55. The molecule has 7 N–H and O–H groups in total. The Balaban J connectivity index is 0.000000287. The lowest BCUT2D eigenvalue weighted by Crippen LogP contribution is -2.45. The Kier molecular flexibility index (Phi) is 16.4. The molecule has 55 heavy (non-hydrogen) atoms. The van der Waals surface area contributed by atoms with Crippen molar-refractivity contribution >= 4 is 93.5 Å². The zero-order valence-electron chi connectivity index (χ0n) is 26.7. The van der Waals surface area contributed by atoms with Crippen molar-refractivity contribution in [2.45, 2.75) is 18.5 Å². The van der Waals surface area contributed by atoms with E-state index in [9.17, 15) is 53.9 Å². The minimum Gasteiger partial charge on any atom is -0.403 e. The fourth-order valence-electron chi connectivity index (χ4n) is 3.71. The Morgan fingerprint density at radius 1 is 0.618 bits per heavy atom. The first-order chi connectivity index (χ1) is 25.3. The summed E-state index contributed by atoms with van der Waals surface area (Å²) in [6, 6.07) is 5.57. The number of carbonyl (C=O) groups excluding carboxylic acids is 3. The maximum atomic E-state index is 12.8. The maximum absolute atomic E-state index is 12.8. The lowest BCUT2D eigenvalue weighted by Gasteiger charge is -2.14. The van der Waals surface area contributed by atoms with E-state index in [-0.39, 0.29) is 23.0 Å². The van der Waals surface area contributed by atoms with Gasteiger partial charge in [0.25, 0.3) is 17.7 Å². The second-order valence-electron chi connectivity index (χ2n) is 9.64. The number of halogens is 15. The standard InChI is InChI=1S/C10H8Cl2F3N3O2.C10H6Cl2F3N3O.C8H5Cl2F3N2O/c1-16-9(20)18-17-8(19)4-2-3-5(11)6(7(4)12)10(13,14)15;1-16-9-18-17-8(19-9)4-2-3-5(11)6(7(4)12)10(13,14)15;9-4-2-1-3(7(16)15-14)6(10)5(4)8(11,12)13/h2-3H,1H3,(H,17,19)(H2,16,18,20);2-3H,1H3,(H,16,18);1-2H,14H2,(H,15,16). The van der Waals surface area contributed by atoms with Gasteiger partial charge >= 0.3 is 30.6 Å². The molecule has 27 heteroatoms. The van der Waals surface area contributed by atoms with Crippen LogP contribution in [0, 0.1) is 0 Å². The van der Waals surface area contributed by atoms with Crippen LogP contribution in [0.2, 0.25) is 30.1 Å². The van der Waals surface area contributed by atoms with E-state index in [1.54, 1.807) is 5.43 Å². The van der Waals surface area contributed by atoms with Crippen molar-refractivity contribution in [2.75, 3.05) is 19.4 Å². The van der Waals surface area contributed by atoms with E-state index >= 15 is 0 Å². The molecule has 1 aromatic heterocycles. The first-order valence-electron chi connectivity index (χ1n) is 13.8. The number of urea groups is 1. The van der Waals surface area contributed by atoms with Gasteiger partial charge in [-0.05, 0) is 36.4 Å². The lowest BCUT2D eigenvalue weighted by atomic mass is 10.1. The molecule has 12 nitrogen and oxygen atoms in total. The fourth-order valence-corrected chi connectivity index (χ4v) is 5.71. The van der Waals surface area contributed by atoms with Crippen LogP contribution in [0.1, 0.15) is 37.4 Å². The van der Waals surface area contributed by atoms with Crippen molar-refractivity contribution in [3.8, 4) is 11.5 Å². The number of anilines is 1. The highest BCUT2D eigenvalue weighted by Gasteiger charge is 2.39. The summed E-state index contributed by atoms with van der Waals surface area (Å²) >= 11 is 33.0. The van der Waals surface area contributed by atoms with Crippen molar-refractivity contribution in [2.24, 2.45) is 5.84 Å². The number of hydrogen-bond donors (Lipinski definition) is 6. The van der Waals surface area contributed by atoms with E-state index in [0.717, 1.165) is 30.3 Å². The number of carbonyl (C=O) groups is 3. The normalized spacial score (nSPS) is 11.3. The third-order valence-corrected chi connectivity index (χ3v) is 8.25. The van der Waals surface area contributed by atoms with Crippen LogP contribution in [-0.2, 0) is 18.5 Å². The number of nitrogen functional groups attached to an aromatic ring is 1. The minimum atomic E-state index is -4.81. The molecule has 0 radical (unpaired) electrons. The van der Waals surface area contributed by atoms with E-state index in [0.29, 0.717) is 0 Å². The Hall–Kier alpha value is -4.12. The van der Waals surface area contributed by atoms with Gasteiger partial charge in [-0.25, -0.2) is 16.1 Å². The first kappa shape index (κ1) is 47.0. The van der Waals surface area contributed by atoms with Crippen LogP contribution in [0.5, 0.6) is 0 Å². The van der Waals surface area contributed by atoms with Gasteiger partial charge in [-0.3, -0.25) is 20.4 Å². The molecule has 300 valence electrons. The maximum Gasteiger partial charge on any atom is 0.419 e. The molecule has 4 amide bonds. The topological polar surface area (TPSA) is 176 Å². The molecule has 0 saturated carbocycles.